The summed E-state index contributed by atoms with van der Waals surface area (Å²) < 4.78 is 24.9. The number of allylic oxidation sites excluding steroid dienone is 1. The lowest BCUT2D eigenvalue weighted by molar-refractivity contribution is 0.395. The van der Waals surface area contributed by atoms with E-state index in [4.69, 9.17) is 21.5 Å². The van der Waals surface area contributed by atoms with Gasteiger partial charge < -0.3 is 19.5 Å². The van der Waals surface area contributed by atoms with E-state index in [1.165, 1.54) is 12.1 Å². The van der Waals surface area contributed by atoms with Gasteiger partial charge in [-0.05, 0) is 67.5 Å². The zero-order valence-corrected chi connectivity index (χ0v) is 19.1. The van der Waals surface area contributed by atoms with Crippen molar-refractivity contribution in [1.82, 2.24) is 20.4 Å². The third-order valence-corrected chi connectivity index (χ3v) is 5.86. The topological polar surface area (TPSA) is 63.4 Å². The van der Waals surface area contributed by atoms with Gasteiger partial charge in [-0.15, -0.1) is 0 Å². The summed E-state index contributed by atoms with van der Waals surface area (Å²) in [5.74, 6) is 1.28. The Morgan fingerprint density at radius 1 is 1.22 bits per heavy atom. The van der Waals surface area contributed by atoms with E-state index in [0.29, 0.717) is 16.8 Å². The van der Waals surface area contributed by atoms with Crippen LogP contribution in [0.1, 0.15) is 44.2 Å². The molecule has 1 unspecified atom stereocenters. The van der Waals surface area contributed by atoms with E-state index in [2.05, 4.69) is 22.4 Å². The Kier molecular flexibility index (Phi) is 6.50. The number of unbranched alkanes of at least 4 members (excludes halogenated alkanes) is 1. The SMILES string of the molecule is CCCCN1C(=S)NC(c2cccc(F)c2)C(c2nc(-c3ccc(OC)cc3)no2)=C1C. The molecule has 8 heteroatoms. The molecule has 0 spiro atoms. The van der Waals surface area contributed by atoms with Crippen molar-refractivity contribution in [3.05, 3.63) is 71.5 Å². The minimum Gasteiger partial charge on any atom is -0.497 e. The Hall–Kier alpha value is -3.26. The van der Waals surface area contributed by atoms with Crippen molar-refractivity contribution in [3.8, 4) is 17.1 Å². The van der Waals surface area contributed by atoms with Gasteiger partial charge in [0.05, 0.1) is 18.7 Å². The van der Waals surface area contributed by atoms with Gasteiger partial charge in [0.25, 0.3) is 5.89 Å². The average molecular weight is 453 g/mol. The quantitative estimate of drug-likeness (QED) is 0.485. The second-order valence-corrected chi connectivity index (χ2v) is 7.98. The fraction of sp³-hybridized carbons (Fsp3) is 0.292. The largest absolute Gasteiger partial charge is 0.497 e. The van der Waals surface area contributed by atoms with Crippen LogP contribution in [0.25, 0.3) is 17.0 Å². The van der Waals surface area contributed by atoms with Crippen LogP contribution < -0.4 is 10.1 Å². The highest BCUT2D eigenvalue weighted by Crippen LogP contribution is 2.37. The van der Waals surface area contributed by atoms with Gasteiger partial charge in [0, 0.05) is 17.8 Å². The number of rotatable bonds is 7. The molecule has 0 saturated carbocycles. The van der Waals surface area contributed by atoms with E-state index in [1.54, 1.807) is 13.2 Å². The van der Waals surface area contributed by atoms with E-state index in [0.717, 1.165) is 47.5 Å². The highest BCUT2D eigenvalue weighted by molar-refractivity contribution is 7.80. The molecule has 166 valence electrons. The molecule has 3 aromatic rings. The maximum atomic E-state index is 14.0. The zero-order valence-electron chi connectivity index (χ0n) is 18.3. The molecule has 1 atom stereocenters. The first-order valence-electron chi connectivity index (χ1n) is 10.5. The summed E-state index contributed by atoms with van der Waals surface area (Å²) in [6, 6.07) is 13.5. The number of hydrogen-bond acceptors (Lipinski definition) is 5. The summed E-state index contributed by atoms with van der Waals surface area (Å²) in [6.45, 7) is 4.89. The summed E-state index contributed by atoms with van der Waals surface area (Å²) in [5, 5.41) is 8.14. The molecule has 0 amide bonds. The third-order valence-electron chi connectivity index (χ3n) is 5.52. The fourth-order valence-corrected chi connectivity index (χ4v) is 4.12. The molecule has 1 aliphatic heterocycles. The van der Waals surface area contributed by atoms with Gasteiger partial charge in [0.15, 0.2) is 5.11 Å². The lowest BCUT2D eigenvalue weighted by Crippen LogP contribution is -2.46. The molecule has 0 radical (unpaired) electrons. The Bertz CT molecular complexity index is 1140. The minimum absolute atomic E-state index is 0.315. The number of hydrogen-bond donors (Lipinski definition) is 1. The van der Waals surface area contributed by atoms with E-state index >= 15 is 0 Å². The van der Waals surface area contributed by atoms with Crippen LogP contribution in [0.15, 0.2) is 58.8 Å². The van der Waals surface area contributed by atoms with Gasteiger partial charge in [-0.25, -0.2) is 4.39 Å². The molecular weight excluding hydrogens is 427 g/mol. The summed E-state index contributed by atoms with van der Waals surface area (Å²) >= 11 is 5.64. The number of thiocarbonyl (C=S) groups is 1. The predicted octanol–water partition coefficient (Wildman–Crippen LogP) is 5.35. The van der Waals surface area contributed by atoms with Crippen LogP contribution in [0.4, 0.5) is 4.39 Å². The molecule has 4 rings (SSSR count). The normalized spacial score (nSPS) is 16.3. The van der Waals surface area contributed by atoms with E-state index in [1.807, 2.05) is 42.2 Å². The van der Waals surface area contributed by atoms with Crippen LogP contribution in [0.3, 0.4) is 0 Å². The number of benzene rings is 2. The second-order valence-electron chi connectivity index (χ2n) is 7.59. The highest BCUT2D eigenvalue weighted by atomic mass is 32.1. The first-order chi connectivity index (χ1) is 15.5. The molecule has 1 aliphatic rings. The summed E-state index contributed by atoms with van der Waals surface area (Å²) in [5.41, 5.74) is 3.25. The lowest BCUT2D eigenvalue weighted by atomic mass is 9.94. The van der Waals surface area contributed by atoms with Gasteiger partial charge in [0.1, 0.15) is 11.6 Å². The second kappa shape index (κ2) is 9.48. The molecule has 1 aromatic heterocycles. The molecule has 0 fully saturated rings. The van der Waals surface area contributed by atoms with Crippen LogP contribution in [-0.4, -0.2) is 33.8 Å². The van der Waals surface area contributed by atoms with Crippen LogP contribution in [0, 0.1) is 5.82 Å². The van der Waals surface area contributed by atoms with Crippen LogP contribution in [-0.2, 0) is 0 Å². The summed E-state index contributed by atoms with van der Waals surface area (Å²) in [6.07, 6.45) is 2.02. The molecular formula is C24H25FN4O2S. The molecule has 0 saturated heterocycles. The molecule has 2 heterocycles. The molecule has 0 aliphatic carbocycles. The summed E-state index contributed by atoms with van der Waals surface area (Å²) in [4.78, 5) is 6.71. The first-order valence-corrected chi connectivity index (χ1v) is 11.0. The van der Waals surface area contributed by atoms with E-state index in [9.17, 15) is 4.39 Å². The first kappa shape index (κ1) is 22.0. The van der Waals surface area contributed by atoms with E-state index in [-0.39, 0.29) is 5.82 Å². The Balaban J connectivity index is 1.78. The molecule has 2 aromatic carbocycles. The van der Waals surface area contributed by atoms with Gasteiger partial charge in [-0.3, -0.25) is 0 Å². The van der Waals surface area contributed by atoms with Crippen LogP contribution in [0.5, 0.6) is 5.75 Å². The molecule has 1 N–H and O–H groups in total. The van der Waals surface area contributed by atoms with Crippen molar-refractivity contribution in [1.29, 1.82) is 0 Å². The Morgan fingerprint density at radius 2 is 2.00 bits per heavy atom. The number of nitrogens with one attached hydrogen (secondary N) is 1. The van der Waals surface area contributed by atoms with Gasteiger partial charge in [-0.1, -0.05) is 30.6 Å². The standard InChI is InChI=1S/C24H25FN4O2S/c1-4-5-13-29-15(2)20(21(26-24(29)32)17-7-6-8-18(25)14-17)23-27-22(28-31-23)16-9-11-19(30-3)12-10-16/h6-12,14,21H,4-5,13H2,1-3H3,(H,26,32). The monoisotopic (exact) mass is 452 g/mol. The molecule has 32 heavy (non-hydrogen) atoms. The van der Waals surface area contributed by atoms with Crippen molar-refractivity contribution in [2.45, 2.75) is 32.7 Å². The van der Waals surface area contributed by atoms with Crippen molar-refractivity contribution < 1.29 is 13.7 Å². The van der Waals surface area contributed by atoms with Crippen LogP contribution >= 0.6 is 12.2 Å². The van der Waals surface area contributed by atoms with E-state index < -0.39 is 6.04 Å². The van der Waals surface area contributed by atoms with Gasteiger partial charge >= 0.3 is 0 Å². The number of ether oxygens (including phenoxy) is 1. The molecule has 0 bridgehead atoms. The minimum atomic E-state index is -0.403. The predicted molar refractivity (Wildman–Crippen MR) is 125 cm³/mol. The number of halogens is 1. The van der Waals surface area contributed by atoms with Crippen LogP contribution in [0.2, 0.25) is 0 Å². The smallest absolute Gasteiger partial charge is 0.258 e. The van der Waals surface area contributed by atoms with Crippen molar-refractivity contribution in [3.63, 3.8) is 0 Å². The van der Waals surface area contributed by atoms with Gasteiger partial charge in [-0.2, -0.15) is 4.98 Å². The number of nitrogens with zero attached hydrogens (tertiary/aromatic N) is 3. The average Bonchev–Trinajstić information content (AvgIpc) is 3.28. The summed E-state index contributed by atoms with van der Waals surface area (Å²) in [7, 11) is 1.62. The Morgan fingerprint density at radius 3 is 2.69 bits per heavy atom. The lowest BCUT2D eigenvalue weighted by Gasteiger charge is -2.37. The number of aromatic nitrogens is 2. The number of methoxy groups -OCH3 is 1. The highest BCUT2D eigenvalue weighted by Gasteiger charge is 2.34. The zero-order chi connectivity index (χ0) is 22.7. The third kappa shape index (κ3) is 4.36. The van der Waals surface area contributed by atoms with Crippen molar-refractivity contribution >= 4 is 22.9 Å². The van der Waals surface area contributed by atoms with Crippen molar-refractivity contribution in [2.24, 2.45) is 0 Å². The maximum Gasteiger partial charge on any atom is 0.258 e. The Labute approximate surface area is 192 Å². The fourth-order valence-electron chi connectivity index (χ4n) is 3.77. The van der Waals surface area contributed by atoms with Gasteiger partial charge in [0.2, 0.25) is 5.82 Å². The maximum absolute atomic E-state index is 14.0. The van der Waals surface area contributed by atoms with Crippen molar-refractivity contribution in [2.75, 3.05) is 13.7 Å². The molecule has 6 nitrogen and oxygen atoms in total.